The van der Waals surface area contributed by atoms with Gasteiger partial charge in [0, 0.05) is 6.54 Å². The molecule has 0 aromatic rings. The van der Waals surface area contributed by atoms with Gasteiger partial charge in [-0.05, 0) is 32.1 Å². The zero-order valence-electron chi connectivity index (χ0n) is 12.9. The highest BCUT2D eigenvalue weighted by atomic mass is 16.2. The quantitative estimate of drug-likeness (QED) is 0.694. The van der Waals surface area contributed by atoms with Crippen LogP contribution >= 0.6 is 0 Å². The fourth-order valence-electron chi connectivity index (χ4n) is 2.96. The molecule has 2 fully saturated rings. The van der Waals surface area contributed by atoms with Gasteiger partial charge in [0.15, 0.2) is 0 Å². The minimum absolute atomic E-state index is 0.0208. The summed E-state index contributed by atoms with van der Waals surface area (Å²) in [5.41, 5.74) is 0. The van der Waals surface area contributed by atoms with Crippen molar-refractivity contribution < 1.29 is 9.59 Å². The molecular formula is C16H28N2O2. The first kappa shape index (κ1) is 15.3. The molecule has 20 heavy (non-hydrogen) atoms. The van der Waals surface area contributed by atoms with Crippen LogP contribution in [0.1, 0.15) is 65.2 Å². The van der Waals surface area contributed by atoms with Crippen LogP contribution in [-0.2, 0) is 9.59 Å². The second kappa shape index (κ2) is 7.09. The molecule has 1 saturated carbocycles. The second-order valence-electron chi connectivity index (χ2n) is 6.30. The van der Waals surface area contributed by atoms with E-state index in [4.69, 9.17) is 0 Å². The highest BCUT2D eigenvalue weighted by Crippen LogP contribution is 2.35. The molecule has 0 bridgehead atoms. The molecule has 1 aliphatic carbocycles. The van der Waals surface area contributed by atoms with Crippen LogP contribution in [0.2, 0.25) is 0 Å². The van der Waals surface area contributed by atoms with Gasteiger partial charge in [-0.2, -0.15) is 0 Å². The van der Waals surface area contributed by atoms with Crippen molar-refractivity contribution in [1.82, 2.24) is 10.2 Å². The van der Waals surface area contributed by atoms with Gasteiger partial charge in [-0.15, -0.1) is 0 Å². The van der Waals surface area contributed by atoms with Crippen molar-refractivity contribution in [1.29, 1.82) is 0 Å². The Bertz CT molecular complexity index is 352. The third kappa shape index (κ3) is 3.74. The van der Waals surface area contributed by atoms with Gasteiger partial charge in [0.1, 0.15) is 12.1 Å². The number of hydrogen-bond acceptors (Lipinski definition) is 2. The van der Waals surface area contributed by atoms with Crippen LogP contribution in [0.5, 0.6) is 0 Å². The lowest BCUT2D eigenvalue weighted by Crippen LogP contribution is -2.63. The lowest BCUT2D eigenvalue weighted by atomic mass is 10.0. The van der Waals surface area contributed by atoms with E-state index in [9.17, 15) is 9.59 Å². The minimum atomic E-state index is -0.298. The number of unbranched alkanes of at least 4 members (excludes halogenated alkanes) is 5. The SMILES string of the molecule is CCCCCCCCN1C(=O)C(C2CC2)NC(=O)C1C. The third-order valence-corrected chi connectivity index (χ3v) is 4.54. The number of nitrogens with zero attached hydrogens (tertiary/aromatic N) is 1. The molecule has 0 aromatic carbocycles. The van der Waals surface area contributed by atoms with Gasteiger partial charge >= 0.3 is 0 Å². The van der Waals surface area contributed by atoms with Gasteiger partial charge in [0.25, 0.3) is 0 Å². The Labute approximate surface area is 122 Å². The molecule has 2 aliphatic rings. The van der Waals surface area contributed by atoms with Crippen LogP contribution < -0.4 is 5.32 Å². The topological polar surface area (TPSA) is 49.4 Å². The van der Waals surface area contributed by atoms with E-state index in [1.54, 1.807) is 0 Å². The number of carbonyl (C=O) groups excluding carboxylic acids is 2. The molecule has 1 saturated heterocycles. The van der Waals surface area contributed by atoms with E-state index < -0.39 is 0 Å². The van der Waals surface area contributed by atoms with Gasteiger partial charge in [-0.3, -0.25) is 9.59 Å². The molecule has 0 aromatic heterocycles. The molecule has 114 valence electrons. The van der Waals surface area contributed by atoms with E-state index in [1.165, 1.54) is 25.7 Å². The fraction of sp³-hybridized carbons (Fsp3) is 0.875. The van der Waals surface area contributed by atoms with Crippen molar-refractivity contribution in [3.8, 4) is 0 Å². The van der Waals surface area contributed by atoms with Gasteiger partial charge < -0.3 is 10.2 Å². The predicted octanol–water partition coefficient (Wildman–Crippen LogP) is 2.47. The van der Waals surface area contributed by atoms with E-state index in [0.29, 0.717) is 5.92 Å². The molecule has 0 radical (unpaired) electrons. The van der Waals surface area contributed by atoms with Crippen molar-refractivity contribution in [2.45, 2.75) is 77.3 Å². The third-order valence-electron chi connectivity index (χ3n) is 4.54. The van der Waals surface area contributed by atoms with Crippen LogP contribution in [0.15, 0.2) is 0 Å². The van der Waals surface area contributed by atoms with Crippen LogP contribution in [0.4, 0.5) is 0 Å². The standard InChI is InChI=1S/C16H28N2O2/c1-3-4-5-6-7-8-11-18-12(2)15(19)17-14(16(18)20)13-9-10-13/h12-14H,3-11H2,1-2H3,(H,17,19). The lowest BCUT2D eigenvalue weighted by Gasteiger charge is -2.37. The van der Waals surface area contributed by atoms with Crippen LogP contribution in [0, 0.1) is 5.92 Å². The maximum Gasteiger partial charge on any atom is 0.246 e. The number of piperazine rings is 1. The Morgan fingerprint density at radius 1 is 1.10 bits per heavy atom. The molecule has 1 N–H and O–H groups in total. The summed E-state index contributed by atoms with van der Waals surface area (Å²) < 4.78 is 0. The first-order chi connectivity index (χ1) is 9.65. The predicted molar refractivity (Wildman–Crippen MR) is 79.2 cm³/mol. The average molecular weight is 280 g/mol. The Kier molecular flexibility index (Phi) is 5.44. The van der Waals surface area contributed by atoms with Crippen molar-refractivity contribution in [3.63, 3.8) is 0 Å². The van der Waals surface area contributed by atoms with Crippen LogP contribution in [0.3, 0.4) is 0 Å². The summed E-state index contributed by atoms with van der Waals surface area (Å²) in [6, 6.07) is -0.535. The molecule has 2 unspecified atom stereocenters. The highest BCUT2D eigenvalue weighted by Gasteiger charge is 2.45. The van der Waals surface area contributed by atoms with Gasteiger partial charge in [0.05, 0.1) is 0 Å². The Morgan fingerprint density at radius 3 is 2.40 bits per heavy atom. The molecule has 1 aliphatic heterocycles. The lowest BCUT2D eigenvalue weighted by molar-refractivity contribution is -0.149. The molecule has 4 heteroatoms. The Balaban J connectivity index is 1.78. The smallest absolute Gasteiger partial charge is 0.246 e. The van der Waals surface area contributed by atoms with E-state index in [1.807, 2.05) is 11.8 Å². The highest BCUT2D eigenvalue weighted by molar-refractivity contribution is 5.97. The number of hydrogen-bond donors (Lipinski definition) is 1. The van der Waals surface area contributed by atoms with Crippen LogP contribution in [-0.4, -0.2) is 35.3 Å². The molecule has 1 heterocycles. The van der Waals surface area contributed by atoms with Crippen molar-refractivity contribution in [3.05, 3.63) is 0 Å². The molecular weight excluding hydrogens is 252 g/mol. The number of amides is 2. The minimum Gasteiger partial charge on any atom is -0.342 e. The van der Waals surface area contributed by atoms with E-state index in [2.05, 4.69) is 12.2 Å². The maximum atomic E-state index is 12.4. The monoisotopic (exact) mass is 280 g/mol. The maximum absolute atomic E-state index is 12.4. The Morgan fingerprint density at radius 2 is 1.75 bits per heavy atom. The largest absolute Gasteiger partial charge is 0.342 e. The van der Waals surface area contributed by atoms with E-state index >= 15 is 0 Å². The molecule has 2 atom stereocenters. The second-order valence-corrected chi connectivity index (χ2v) is 6.30. The average Bonchev–Trinajstić information content (AvgIpc) is 3.25. The van der Waals surface area contributed by atoms with Gasteiger partial charge in [-0.25, -0.2) is 0 Å². The molecule has 2 amide bonds. The van der Waals surface area contributed by atoms with Crippen LogP contribution in [0.25, 0.3) is 0 Å². The first-order valence-corrected chi connectivity index (χ1v) is 8.26. The fourth-order valence-corrected chi connectivity index (χ4v) is 2.96. The van der Waals surface area contributed by atoms with Crippen molar-refractivity contribution >= 4 is 11.8 Å². The summed E-state index contributed by atoms with van der Waals surface area (Å²) in [7, 11) is 0. The van der Waals surface area contributed by atoms with E-state index in [0.717, 1.165) is 32.2 Å². The summed E-state index contributed by atoms with van der Waals surface area (Å²) >= 11 is 0. The van der Waals surface area contributed by atoms with E-state index in [-0.39, 0.29) is 23.9 Å². The first-order valence-electron chi connectivity index (χ1n) is 8.26. The van der Waals surface area contributed by atoms with Gasteiger partial charge in [-0.1, -0.05) is 39.0 Å². The number of nitrogens with one attached hydrogen (secondary N) is 1. The zero-order chi connectivity index (χ0) is 14.5. The molecule has 4 nitrogen and oxygen atoms in total. The zero-order valence-corrected chi connectivity index (χ0v) is 12.9. The summed E-state index contributed by atoms with van der Waals surface area (Å²) in [6.45, 7) is 4.79. The Hall–Kier alpha value is -1.06. The van der Waals surface area contributed by atoms with Crippen molar-refractivity contribution in [2.75, 3.05) is 6.54 Å². The summed E-state index contributed by atoms with van der Waals surface area (Å²) in [6.07, 6.45) is 9.41. The molecule has 0 spiro atoms. The van der Waals surface area contributed by atoms with Gasteiger partial charge in [0.2, 0.25) is 11.8 Å². The molecule has 2 rings (SSSR count). The number of carbonyl (C=O) groups is 2. The summed E-state index contributed by atoms with van der Waals surface area (Å²) in [5.74, 6) is 0.562. The summed E-state index contributed by atoms with van der Waals surface area (Å²) in [5, 5.41) is 2.90. The van der Waals surface area contributed by atoms with Crippen molar-refractivity contribution in [2.24, 2.45) is 5.92 Å². The normalized spacial score (nSPS) is 26.8. The number of rotatable bonds is 8. The summed E-state index contributed by atoms with van der Waals surface area (Å²) in [4.78, 5) is 26.2.